The van der Waals surface area contributed by atoms with Crippen molar-refractivity contribution in [3.05, 3.63) is 24.3 Å². The van der Waals surface area contributed by atoms with Crippen molar-refractivity contribution in [3.63, 3.8) is 0 Å². The fourth-order valence-electron chi connectivity index (χ4n) is 2.32. The van der Waals surface area contributed by atoms with Gasteiger partial charge in [0.05, 0.1) is 0 Å². The van der Waals surface area contributed by atoms with Crippen molar-refractivity contribution in [1.82, 2.24) is 5.32 Å². The molecule has 1 unspecified atom stereocenters. The fourth-order valence-corrected chi connectivity index (χ4v) is 2.32. The zero-order valence-electron chi connectivity index (χ0n) is 10.7. The summed E-state index contributed by atoms with van der Waals surface area (Å²) in [4.78, 5) is 2.12. The summed E-state index contributed by atoms with van der Waals surface area (Å²) in [6, 6.07) is 6.47. The Hall–Kier alpha value is -1.43. The van der Waals surface area contributed by atoms with Crippen LogP contribution in [-0.2, 0) is 0 Å². The molecule has 1 aliphatic rings. The van der Waals surface area contributed by atoms with Crippen molar-refractivity contribution in [2.45, 2.75) is 25.7 Å². The number of benzene rings is 1. The van der Waals surface area contributed by atoms with Crippen LogP contribution in [0.5, 0.6) is 5.75 Å². The standard InChI is InChI=1S/C13H17F3N2O/c1-2-10-9-17-6-7-18(10)11-4-3-5-12(8-11)19-13(14,15)16/h3-5,8,10,17H,2,6-7,9H2,1H3. The van der Waals surface area contributed by atoms with Gasteiger partial charge in [-0.3, -0.25) is 0 Å². The molecular formula is C13H17F3N2O. The number of anilines is 1. The molecule has 106 valence electrons. The van der Waals surface area contributed by atoms with E-state index in [0.29, 0.717) is 6.04 Å². The Morgan fingerprint density at radius 1 is 1.42 bits per heavy atom. The van der Waals surface area contributed by atoms with Crippen molar-refractivity contribution in [3.8, 4) is 5.75 Å². The molecule has 0 radical (unpaired) electrons. The van der Waals surface area contributed by atoms with E-state index >= 15 is 0 Å². The number of alkyl halides is 3. The Kier molecular flexibility index (Phi) is 4.19. The number of hydrogen-bond acceptors (Lipinski definition) is 3. The average molecular weight is 274 g/mol. The van der Waals surface area contributed by atoms with Gasteiger partial charge in [0, 0.05) is 37.4 Å². The monoisotopic (exact) mass is 274 g/mol. The summed E-state index contributed by atoms with van der Waals surface area (Å²) >= 11 is 0. The molecule has 3 nitrogen and oxygen atoms in total. The number of ether oxygens (including phenoxy) is 1. The molecule has 6 heteroatoms. The topological polar surface area (TPSA) is 24.5 Å². The molecule has 0 spiro atoms. The van der Waals surface area contributed by atoms with E-state index in [2.05, 4.69) is 21.9 Å². The summed E-state index contributed by atoms with van der Waals surface area (Å²) in [5, 5.41) is 3.29. The molecule has 0 saturated carbocycles. The van der Waals surface area contributed by atoms with Crippen LogP contribution in [0.4, 0.5) is 18.9 Å². The fraction of sp³-hybridized carbons (Fsp3) is 0.538. The molecule has 1 aromatic carbocycles. The molecule has 0 amide bonds. The summed E-state index contributed by atoms with van der Waals surface area (Å²) in [6.45, 7) is 4.54. The summed E-state index contributed by atoms with van der Waals surface area (Å²) < 4.78 is 40.6. The van der Waals surface area contributed by atoms with E-state index in [-0.39, 0.29) is 5.75 Å². The number of nitrogens with zero attached hydrogens (tertiary/aromatic N) is 1. The Labute approximate surface area is 110 Å². The van der Waals surface area contributed by atoms with Gasteiger partial charge in [0.15, 0.2) is 0 Å². The molecule has 19 heavy (non-hydrogen) atoms. The lowest BCUT2D eigenvalue weighted by molar-refractivity contribution is -0.274. The van der Waals surface area contributed by atoms with Gasteiger partial charge in [-0.1, -0.05) is 13.0 Å². The molecule has 0 bridgehead atoms. The lowest BCUT2D eigenvalue weighted by Crippen LogP contribution is -2.51. The maximum atomic E-state index is 12.2. The smallest absolute Gasteiger partial charge is 0.406 e. The average Bonchev–Trinajstić information content (AvgIpc) is 2.37. The van der Waals surface area contributed by atoms with Crippen molar-refractivity contribution in [1.29, 1.82) is 0 Å². The van der Waals surface area contributed by atoms with Crippen molar-refractivity contribution < 1.29 is 17.9 Å². The summed E-state index contributed by atoms with van der Waals surface area (Å²) in [7, 11) is 0. The van der Waals surface area contributed by atoms with Crippen LogP contribution in [0, 0.1) is 0 Å². The second kappa shape index (κ2) is 5.69. The molecule has 0 aromatic heterocycles. The van der Waals surface area contributed by atoms with E-state index in [9.17, 15) is 13.2 Å². The Balaban J connectivity index is 2.17. The van der Waals surface area contributed by atoms with Gasteiger partial charge in [-0.15, -0.1) is 13.2 Å². The van der Waals surface area contributed by atoms with E-state index in [4.69, 9.17) is 0 Å². The van der Waals surface area contributed by atoms with Gasteiger partial charge in [0.1, 0.15) is 5.75 Å². The lowest BCUT2D eigenvalue weighted by Gasteiger charge is -2.37. The highest BCUT2D eigenvalue weighted by atomic mass is 19.4. The van der Waals surface area contributed by atoms with Crippen LogP contribution in [-0.4, -0.2) is 32.0 Å². The van der Waals surface area contributed by atoms with Crippen molar-refractivity contribution in [2.75, 3.05) is 24.5 Å². The van der Waals surface area contributed by atoms with Crippen LogP contribution in [0.25, 0.3) is 0 Å². The van der Waals surface area contributed by atoms with E-state index in [1.165, 1.54) is 12.1 Å². The van der Waals surface area contributed by atoms with Gasteiger partial charge < -0.3 is 15.0 Å². The molecule has 1 heterocycles. The lowest BCUT2D eigenvalue weighted by atomic mass is 10.1. The Morgan fingerprint density at radius 3 is 2.89 bits per heavy atom. The number of piperazine rings is 1. The highest BCUT2D eigenvalue weighted by Crippen LogP contribution is 2.28. The van der Waals surface area contributed by atoms with E-state index < -0.39 is 6.36 Å². The number of halogens is 3. The minimum atomic E-state index is -4.65. The van der Waals surface area contributed by atoms with Gasteiger partial charge in [0.25, 0.3) is 0 Å². The minimum Gasteiger partial charge on any atom is -0.406 e. The number of nitrogens with one attached hydrogen (secondary N) is 1. The molecule has 1 fully saturated rings. The first-order valence-corrected chi connectivity index (χ1v) is 6.33. The number of rotatable bonds is 3. The van der Waals surface area contributed by atoms with Gasteiger partial charge in [-0.25, -0.2) is 0 Å². The minimum absolute atomic E-state index is 0.168. The van der Waals surface area contributed by atoms with Crippen LogP contribution in [0.15, 0.2) is 24.3 Å². The predicted octanol–water partition coefficient (Wildman–Crippen LogP) is 2.77. The third-order valence-corrected chi connectivity index (χ3v) is 3.20. The third-order valence-electron chi connectivity index (χ3n) is 3.20. The largest absolute Gasteiger partial charge is 0.573 e. The second-order valence-electron chi connectivity index (χ2n) is 4.50. The van der Waals surface area contributed by atoms with E-state index in [0.717, 1.165) is 31.7 Å². The highest BCUT2D eigenvalue weighted by Gasteiger charge is 2.31. The van der Waals surface area contributed by atoms with Gasteiger partial charge >= 0.3 is 6.36 Å². The van der Waals surface area contributed by atoms with E-state index in [1.807, 2.05) is 6.07 Å². The summed E-state index contributed by atoms with van der Waals surface area (Å²) in [5.41, 5.74) is 0.773. The Bertz CT molecular complexity index is 423. The molecule has 1 saturated heterocycles. The molecular weight excluding hydrogens is 257 g/mol. The van der Waals surface area contributed by atoms with Crippen LogP contribution < -0.4 is 15.0 Å². The maximum Gasteiger partial charge on any atom is 0.573 e. The van der Waals surface area contributed by atoms with Gasteiger partial charge in [-0.05, 0) is 18.6 Å². The number of hydrogen-bond donors (Lipinski definition) is 1. The first kappa shape index (κ1) is 14.0. The molecule has 1 aromatic rings. The molecule has 1 N–H and O–H groups in total. The summed E-state index contributed by atoms with van der Waals surface area (Å²) in [5.74, 6) is -0.168. The maximum absolute atomic E-state index is 12.2. The van der Waals surface area contributed by atoms with Crippen LogP contribution in [0.1, 0.15) is 13.3 Å². The first-order valence-electron chi connectivity index (χ1n) is 6.33. The molecule has 1 atom stereocenters. The quantitative estimate of drug-likeness (QED) is 0.917. The van der Waals surface area contributed by atoms with Crippen molar-refractivity contribution >= 4 is 5.69 Å². The van der Waals surface area contributed by atoms with Crippen LogP contribution >= 0.6 is 0 Å². The normalized spacial score (nSPS) is 20.4. The third kappa shape index (κ3) is 3.76. The first-order chi connectivity index (χ1) is 8.99. The van der Waals surface area contributed by atoms with E-state index in [1.54, 1.807) is 6.07 Å². The highest BCUT2D eigenvalue weighted by molar-refractivity contribution is 5.52. The Morgan fingerprint density at radius 2 is 2.21 bits per heavy atom. The molecule has 0 aliphatic carbocycles. The van der Waals surface area contributed by atoms with Gasteiger partial charge in [-0.2, -0.15) is 0 Å². The molecule has 2 rings (SSSR count). The zero-order valence-corrected chi connectivity index (χ0v) is 10.7. The SMILES string of the molecule is CCC1CNCCN1c1cccc(OC(F)(F)F)c1. The van der Waals surface area contributed by atoms with Crippen LogP contribution in [0.2, 0.25) is 0 Å². The summed E-state index contributed by atoms with van der Waals surface area (Å²) in [6.07, 6.45) is -3.70. The van der Waals surface area contributed by atoms with Crippen LogP contribution in [0.3, 0.4) is 0 Å². The predicted molar refractivity (Wildman–Crippen MR) is 67.4 cm³/mol. The molecule has 1 aliphatic heterocycles. The van der Waals surface area contributed by atoms with Gasteiger partial charge in [0.2, 0.25) is 0 Å². The second-order valence-corrected chi connectivity index (χ2v) is 4.50. The van der Waals surface area contributed by atoms with Crippen molar-refractivity contribution in [2.24, 2.45) is 0 Å². The zero-order chi connectivity index (χ0) is 13.9.